The largest absolute Gasteiger partial charge is 0.497 e. The molecular formula is C20H33IO2. The molecule has 2 nitrogen and oxygen atoms in total. The highest BCUT2D eigenvalue weighted by molar-refractivity contribution is 14.1. The smallest absolute Gasteiger partial charge is 0.118 e. The first kappa shape index (κ1) is 20.8. The third kappa shape index (κ3) is 10.2. The van der Waals surface area contributed by atoms with Crippen LogP contribution in [0.4, 0.5) is 0 Å². The summed E-state index contributed by atoms with van der Waals surface area (Å²) in [7, 11) is 1.70. The van der Waals surface area contributed by atoms with E-state index in [1.165, 1.54) is 63.4 Å². The van der Waals surface area contributed by atoms with Gasteiger partial charge in [-0.1, -0.05) is 93.0 Å². The lowest BCUT2D eigenvalue weighted by atomic mass is 10.1. The zero-order valence-electron chi connectivity index (χ0n) is 14.9. The van der Waals surface area contributed by atoms with Gasteiger partial charge in [0, 0.05) is 4.43 Å². The maximum absolute atomic E-state index is 6.06. The van der Waals surface area contributed by atoms with Gasteiger partial charge in [-0.05, 0) is 24.1 Å². The number of rotatable bonds is 14. The number of halogens is 1. The fourth-order valence-corrected chi connectivity index (χ4v) is 3.34. The van der Waals surface area contributed by atoms with Gasteiger partial charge < -0.3 is 9.47 Å². The molecule has 23 heavy (non-hydrogen) atoms. The number of unbranched alkanes of at least 4 members (excludes halogenated alkanes) is 7. The normalized spacial score (nSPS) is 12.3. The van der Waals surface area contributed by atoms with E-state index in [-0.39, 0.29) is 0 Å². The molecular weight excluding hydrogens is 399 g/mol. The van der Waals surface area contributed by atoms with Crippen LogP contribution in [-0.4, -0.2) is 17.6 Å². The number of ether oxygens (including phenoxy) is 2. The van der Waals surface area contributed by atoms with Gasteiger partial charge in [-0.3, -0.25) is 0 Å². The van der Waals surface area contributed by atoms with Crippen LogP contribution in [0.1, 0.15) is 70.3 Å². The highest BCUT2D eigenvalue weighted by atomic mass is 127. The van der Waals surface area contributed by atoms with E-state index in [0.717, 1.165) is 10.2 Å². The molecule has 3 heteroatoms. The third-order valence-electron chi connectivity index (χ3n) is 4.20. The zero-order chi connectivity index (χ0) is 16.8. The summed E-state index contributed by atoms with van der Waals surface area (Å²) in [5.74, 6) is 0.901. The van der Waals surface area contributed by atoms with Crippen LogP contribution in [0.2, 0.25) is 0 Å². The van der Waals surface area contributed by atoms with Crippen LogP contribution in [0.25, 0.3) is 0 Å². The summed E-state index contributed by atoms with van der Waals surface area (Å²) in [5.41, 5.74) is 1.22. The Morgan fingerprint density at radius 2 is 1.52 bits per heavy atom. The van der Waals surface area contributed by atoms with Gasteiger partial charge in [0.2, 0.25) is 0 Å². The summed E-state index contributed by atoms with van der Waals surface area (Å²) in [6, 6.07) is 8.16. The molecule has 0 radical (unpaired) electrons. The Labute approximate surface area is 156 Å². The zero-order valence-corrected chi connectivity index (χ0v) is 17.0. The molecule has 1 aromatic carbocycles. The number of hydrogen-bond donors (Lipinski definition) is 0. The summed E-state index contributed by atoms with van der Waals surface area (Å²) in [5, 5.41) is 0. The van der Waals surface area contributed by atoms with Gasteiger partial charge in [0.15, 0.2) is 0 Å². The highest BCUT2D eigenvalue weighted by Crippen LogP contribution is 2.16. The minimum absolute atomic E-state index is 0.387. The Balaban J connectivity index is 2.09. The molecule has 0 aliphatic heterocycles. The lowest BCUT2D eigenvalue weighted by Gasteiger charge is -2.15. The summed E-state index contributed by atoms with van der Waals surface area (Å²) in [6.07, 6.45) is 12.6. The van der Waals surface area contributed by atoms with Crippen molar-refractivity contribution in [3.8, 4) is 5.75 Å². The lowest BCUT2D eigenvalue weighted by Crippen LogP contribution is -2.14. The van der Waals surface area contributed by atoms with E-state index in [1.807, 2.05) is 12.1 Å². The van der Waals surface area contributed by atoms with E-state index in [4.69, 9.17) is 9.47 Å². The van der Waals surface area contributed by atoms with Crippen LogP contribution in [0.3, 0.4) is 0 Å². The first-order valence-electron chi connectivity index (χ1n) is 9.10. The van der Waals surface area contributed by atoms with Crippen LogP contribution in [0, 0.1) is 0 Å². The van der Waals surface area contributed by atoms with E-state index >= 15 is 0 Å². The summed E-state index contributed by atoms with van der Waals surface area (Å²) in [4.78, 5) is 0. The van der Waals surface area contributed by atoms with Crippen molar-refractivity contribution in [2.45, 2.75) is 77.4 Å². The molecule has 1 atom stereocenters. The Hall–Kier alpha value is -0.290. The fourth-order valence-electron chi connectivity index (χ4n) is 2.65. The van der Waals surface area contributed by atoms with Crippen LogP contribution < -0.4 is 4.74 Å². The molecule has 0 saturated heterocycles. The van der Waals surface area contributed by atoms with E-state index in [9.17, 15) is 0 Å². The predicted molar refractivity (Wildman–Crippen MR) is 108 cm³/mol. The maximum Gasteiger partial charge on any atom is 0.118 e. The van der Waals surface area contributed by atoms with Crippen LogP contribution in [0.15, 0.2) is 24.3 Å². The van der Waals surface area contributed by atoms with Gasteiger partial charge in [0.1, 0.15) is 5.75 Å². The second kappa shape index (κ2) is 14.1. The van der Waals surface area contributed by atoms with E-state index in [1.54, 1.807) is 7.11 Å². The van der Waals surface area contributed by atoms with Crippen LogP contribution >= 0.6 is 22.6 Å². The molecule has 0 aliphatic rings. The molecule has 0 N–H and O–H groups in total. The van der Waals surface area contributed by atoms with Crippen molar-refractivity contribution in [1.82, 2.24) is 0 Å². The Morgan fingerprint density at radius 3 is 2.09 bits per heavy atom. The SMILES string of the molecule is CCCCCCCCCCC(CI)OCc1ccc(OC)cc1. The van der Waals surface area contributed by atoms with E-state index in [0.29, 0.717) is 12.7 Å². The quantitative estimate of drug-likeness (QED) is 0.189. The number of hydrogen-bond acceptors (Lipinski definition) is 2. The molecule has 0 aromatic heterocycles. The second-order valence-electron chi connectivity index (χ2n) is 6.20. The number of alkyl halides is 1. The average molecular weight is 432 g/mol. The molecule has 0 fully saturated rings. The molecule has 0 spiro atoms. The number of methoxy groups -OCH3 is 1. The molecule has 0 amide bonds. The van der Waals surface area contributed by atoms with Gasteiger partial charge in [-0.25, -0.2) is 0 Å². The Morgan fingerprint density at radius 1 is 0.913 bits per heavy atom. The molecule has 0 saturated carbocycles. The average Bonchev–Trinajstić information content (AvgIpc) is 2.60. The van der Waals surface area contributed by atoms with Crippen LogP contribution in [-0.2, 0) is 11.3 Å². The van der Waals surface area contributed by atoms with Gasteiger partial charge >= 0.3 is 0 Å². The molecule has 1 aromatic rings. The van der Waals surface area contributed by atoms with Crippen molar-refractivity contribution < 1.29 is 9.47 Å². The highest BCUT2D eigenvalue weighted by Gasteiger charge is 2.07. The van der Waals surface area contributed by atoms with Crippen LogP contribution in [0.5, 0.6) is 5.75 Å². The van der Waals surface area contributed by atoms with Crippen molar-refractivity contribution >= 4 is 22.6 Å². The molecule has 132 valence electrons. The maximum atomic E-state index is 6.06. The number of benzene rings is 1. The monoisotopic (exact) mass is 432 g/mol. The van der Waals surface area contributed by atoms with Gasteiger partial charge in [-0.15, -0.1) is 0 Å². The molecule has 1 unspecified atom stereocenters. The van der Waals surface area contributed by atoms with Gasteiger partial charge in [0.25, 0.3) is 0 Å². The predicted octanol–water partition coefficient (Wildman–Crippen LogP) is 6.55. The third-order valence-corrected chi connectivity index (χ3v) is 5.18. The lowest BCUT2D eigenvalue weighted by molar-refractivity contribution is 0.0509. The minimum atomic E-state index is 0.387. The van der Waals surface area contributed by atoms with Crippen molar-refractivity contribution in [3.05, 3.63) is 29.8 Å². The first-order chi connectivity index (χ1) is 11.3. The van der Waals surface area contributed by atoms with Crippen molar-refractivity contribution in [2.24, 2.45) is 0 Å². The van der Waals surface area contributed by atoms with Gasteiger partial charge in [0.05, 0.1) is 19.8 Å². The summed E-state index contributed by atoms with van der Waals surface area (Å²) < 4.78 is 12.3. The molecule has 0 aliphatic carbocycles. The Kier molecular flexibility index (Phi) is 12.7. The first-order valence-corrected chi connectivity index (χ1v) is 10.6. The fraction of sp³-hybridized carbons (Fsp3) is 0.700. The molecule has 0 bridgehead atoms. The summed E-state index contributed by atoms with van der Waals surface area (Å²) >= 11 is 2.44. The van der Waals surface area contributed by atoms with Crippen molar-refractivity contribution in [3.63, 3.8) is 0 Å². The minimum Gasteiger partial charge on any atom is -0.497 e. The van der Waals surface area contributed by atoms with Gasteiger partial charge in [-0.2, -0.15) is 0 Å². The second-order valence-corrected chi connectivity index (χ2v) is 7.08. The van der Waals surface area contributed by atoms with Crippen molar-refractivity contribution in [2.75, 3.05) is 11.5 Å². The van der Waals surface area contributed by atoms with E-state index in [2.05, 4.69) is 41.6 Å². The standard InChI is InChI=1S/C20H33IO2/c1-3-4-5-6-7-8-9-10-11-20(16-21)23-17-18-12-14-19(22-2)15-13-18/h12-15,20H,3-11,16-17H2,1-2H3. The summed E-state index contributed by atoms with van der Waals surface area (Å²) in [6.45, 7) is 2.98. The topological polar surface area (TPSA) is 18.5 Å². The van der Waals surface area contributed by atoms with E-state index < -0.39 is 0 Å². The molecule has 1 rings (SSSR count). The Bertz CT molecular complexity index is 378. The molecule has 0 heterocycles. The van der Waals surface area contributed by atoms with Crippen molar-refractivity contribution in [1.29, 1.82) is 0 Å².